The second-order valence-corrected chi connectivity index (χ2v) is 8.99. The van der Waals surface area contributed by atoms with Crippen LogP contribution in [0.5, 0.6) is 0 Å². The largest absolute Gasteiger partial charge is 0.382 e. The first-order valence-corrected chi connectivity index (χ1v) is 12.1. The number of rotatable bonds is 7. The summed E-state index contributed by atoms with van der Waals surface area (Å²) in [7, 11) is 0. The van der Waals surface area contributed by atoms with Gasteiger partial charge in [-0.3, -0.25) is 4.90 Å². The predicted molar refractivity (Wildman–Crippen MR) is 136 cm³/mol. The molecule has 6 rings (SSSR count). The van der Waals surface area contributed by atoms with Gasteiger partial charge in [0, 0.05) is 26.2 Å². The molecule has 10 nitrogen and oxygen atoms in total. The molecule has 0 amide bonds. The molecule has 10 heteroatoms. The van der Waals surface area contributed by atoms with Crippen LogP contribution in [0, 0.1) is 0 Å². The maximum Gasteiger partial charge on any atom is 0.165 e. The minimum Gasteiger partial charge on any atom is -0.382 e. The zero-order valence-electron chi connectivity index (χ0n) is 19.9. The summed E-state index contributed by atoms with van der Waals surface area (Å²) in [5.41, 5.74) is 9.81. The average molecular weight is 481 g/mol. The first kappa shape index (κ1) is 22.3. The number of nitrogens with two attached hydrogens (primary N) is 1. The van der Waals surface area contributed by atoms with E-state index in [0.29, 0.717) is 23.9 Å². The molecule has 1 saturated heterocycles. The van der Waals surface area contributed by atoms with E-state index < -0.39 is 0 Å². The molecule has 1 aromatic heterocycles. The molecule has 0 aliphatic carbocycles. The Morgan fingerprint density at radius 2 is 1.56 bits per heavy atom. The van der Waals surface area contributed by atoms with Crippen LogP contribution in [0.2, 0.25) is 0 Å². The fourth-order valence-corrected chi connectivity index (χ4v) is 5.04. The van der Waals surface area contributed by atoms with E-state index in [-0.39, 0.29) is 12.1 Å². The molecule has 0 spiro atoms. The van der Waals surface area contributed by atoms with E-state index in [4.69, 9.17) is 5.73 Å². The molecule has 3 N–H and O–H groups in total. The van der Waals surface area contributed by atoms with Crippen molar-refractivity contribution < 1.29 is 0 Å². The molecule has 1 fully saturated rings. The Bertz CT molecular complexity index is 1370. The molecule has 2 aromatic carbocycles. The van der Waals surface area contributed by atoms with Gasteiger partial charge in [-0.25, -0.2) is 19.6 Å². The molecule has 182 valence electrons. The van der Waals surface area contributed by atoms with Gasteiger partial charge in [-0.2, -0.15) is 0 Å². The van der Waals surface area contributed by atoms with Crippen molar-refractivity contribution in [2.45, 2.75) is 18.6 Å². The standard InChI is InChI=1S/C26H28N10/c27-25-22-26(30-17-29-22)35(18-31-25)15-21-16-36(33-32-21)24(20-9-5-2-6-10-20)23(19-7-3-1-4-8-19)34-13-11-28-12-14-34/h1-10,16-18,23-24,28H,11-15,27H2/t23-,24+/m0/s1. The van der Waals surface area contributed by atoms with Crippen LogP contribution < -0.4 is 11.1 Å². The summed E-state index contributed by atoms with van der Waals surface area (Å²) in [6.07, 6.45) is 5.20. The van der Waals surface area contributed by atoms with Crippen LogP contribution in [0.4, 0.5) is 5.82 Å². The van der Waals surface area contributed by atoms with Gasteiger partial charge in [-0.05, 0) is 11.1 Å². The lowest BCUT2D eigenvalue weighted by molar-refractivity contribution is 0.135. The molecule has 4 heterocycles. The Morgan fingerprint density at radius 1 is 0.861 bits per heavy atom. The van der Waals surface area contributed by atoms with Crippen molar-refractivity contribution in [3.05, 3.63) is 96.3 Å². The number of fused-ring (bicyclic) bond motifs is 1. The van der Waals surface area contributed by atoms with Crippen LogP contribution in [0.1, 0.15) is 28.9 Å². The van der Waals surface area contributed by atoms with Crippen molar-refractivity contribution in [2.24, 2.45) is 0 Å². The Hall–Kier alpha value is -4.15. The number of benzene rings is 2. The molecule has 0 radical (unpaired) electrons. The van der Waals surface area contributed by atoms with Gasteiger partial charge in [-0.1, -0.05) is 65.9 Å². The summed E-state index contributed by atoms with van der Waals surface area (Å²) in [5.74, 6) is 1.05. The Labute approximate surface area is 209 Å². The number of hydrogen-bond donors (Lipinski definition) is 2. The van der Waals surface area contributed by atoms with Crippen LogP contribution in [0.3, 0.4) is 0 Å². The minimum absolute atomic E-state index is 0.0544. The van der Waals surface area contributed by atoms with E-state index in [1.807, 2.05) is 21.5 Å². The SMILES string of the molecule is Nc1ncn(Cc2cn([C@H](c3ccccc3)[C@H](c3ccccc3)N3CCNCC3)nn2)c2ncnc1-2. The van der Waals surface area contributed by atoms with Gasteiger partial charge in [0.05, 0.1) is 31.2 Å². The number of piperazine rings is 1. The summed E-state index contributed by atoms with van der Waals surface area (Å²) in [5, 5.41) is 12.7. The van der Waals surface area contributed by atoms with Gasteiger partial charge in [-0.15, -0.1) is 5.10 Å². The van der Waals surface area contributed by atoms with E-state index >= 15 is 0 Å². The molecule has 36 heavy (non-hydrogen) atoms. The molecule has 0 saturated carbocycles. The molecular weight excluding hydrogens is 452 g/mol. The third-order valence-electron chi connectivity index (χ3n) is 6.73. The number of nitrogens with one attached hydrogen (secondary N) is 1. The molecule has 2 atom stereocenters. The quantitative estimate of drug-likeness (QED) is 0.364. The summed E-state index contributed by atoms with van der Waals surface area (Å²) in [6.45, 7) is 4.32. The summed E-state index contributed by atoms with van der Waals surface area (Å²) in [6, 6.07) is 21.3. The highest BCUT2D eigenvalue weighted by Gasteiger charge is 2.33. The maximum atomic E-state index is 5.96. The van der Waals surface area contributed by atoms with Crippen molar-refractivity contribution in [1.29, 1.82) is 0 Å². The molecule has 0 unspecified atom stereocenters. The lowest BCUT2D eigenvalue weighted by Gasteiger charge is -2.39. The Balaban J connectivity index is 1.39. The topological polar surface area (TPSA) is 116 Å². The number of imidazole rings is 1. The second-order valence-electron chi connectivity index (χ2n) is 8.99. The zero-order valence-corrected chi connectivity index (χ0v) is 19.9. The number of nitrogen functional groups attached to an aromatic ring is 1. The van der Waals surface area contributed by atoms with Crippen molar-refractivity contribution in [1.82, 2.24) is 44.7 Å². The zero-order chi connectivity index (χ0) is 24.3. The minimum atomic E-state index is -0.0544. The highest BCUT2D eigenvalue weighted by molar-refractivity contribution is 5.64. The average Bonchev–Trinajstić information content (AvgIpc) is 3.61. The van der Waals surface area contributed by atoms with E-state index in [1.54, 1.807) is 6.33 Å². The van der Waals surface area contributed by atoms with Crippen LogP contribution in [0.15, 0.2) is 79.5 Å². The highest BCUT2D eigenvalue weighted by Crippen LogP contribution is 2.37. The van der Waals surface area contributed by atoms with Crippen molar-refractivity contribution >= 4 is 5.82 Å². The van der Waals surface area contributed by atoms with Crippen LogP contribution in [-0.4, -0.2) is 65.6 Å². The number of anilines is 1. The van der Waals surface area contributed by atoms with Gasteiger partial charge in [0.2, 0.25) is 0 Å². The van der Waals surface area contributed by atoms with E-state index in [9.17, 15) is 0 Å². The van der Waals surface area contributed by atoms with E-state index in [1.165, 1.54) is 17.5 Å². The number of nitrogens with zero attached hydrogens (tertiary/aromatic N) is 8. The van der Waals surface area contributed by atoms with Gasteiger partial charge < -0.3 is 15.6 Å². The molecule has 3 aliphatic rings. The number of hydrogen-bond acceptors (Lipinski definition) is 8. The maximum absolute atomic E-state index is 5.96. The fraction of sp³-hybridized carbons (Fsp3) is 0.269. The molecule has 0 bridgehead atoms. The third kappa shape index (κ3) is 4.32. The molecular formula is C26H28N10. The monoisotopic (exact) mass is 480 g/mol. The van der Waals surface area contributed by atoms with Crippen LogP contribution in [-0.2, 0) is 6.54 Å². The Kier molecular flexibility index (Phi) is 6.10. The highest BCUT2D eigenvalue weighted by atomic mass is 15.4. The summed E-state index contributed by atoms with van der Waals surface area (Å²) in [4.78, 5) is 15.4. The van der Waals surface area contributed by atoms with Gasteiger partial charge in [0.1, 0.15) is 17.7 Å². The first-order chi connectivity index (χ1) is 17.8. The van der Waals surface area contributed by atoms with Gasteiger partial charge >= 0.3 is 0 Å². The molecule has 3 aromatic rings. The number of aromatic nitrogens is 7. The lowest BCUT2D eigenvalue weighted by Crippen LogP contribution is -2.47. The predicted octanol–water partition coefficient (Wildman–Crippen LogP) is 2.24. The van der Waals surface area contributed by atoms with Crippen molar-refractivity contribution in [3.63, 3.8) is 0 Å². The Morgan fingerprint density at radius 3 is 2.28 bits per heavy atom. The van der Waals surface area contributed by atoms with Crippen molar-refractivity contribution in [3.8, 4) is 11.5 Å². The third-order valence-corrected chi connectivity index (χ3v) is 6.73. The van der Waals surface area contributed by atoms with E-state index in [2.05, 4.69) is 90.1 Å². The fourth-order valence-electron chi connectivity index (χ4n) is 5.04. The normalized spacial score (nSPS) is 16.2. The molecule has 3 aliphatic heterocycles. The summed E-state index contributed by atoms with van der Waals surface area (Å²) < 4.78 is 3.90. The van der Waals surface area contributed by atoms with Gasteiger partial charge in [0.25, 0.3) is 0 Å². The van der Waals surface area contributed by atoms with Crippen LogP contribution in [0.25, 0.3) is 11.5 Å². The second kappa shape index (κ2) is 9.84. The summed E-state index contributed by atoms with van der Waals surface area (Å²) >= 11 is 0. The van der Waals surface area contributed by atoms with Gasteiger partial charge in [0.15, 0.2) is 11.6 Å². The first-order valence-electron chi connectivity index (χ1n) is 12.1. The lowest BCUT2D eigenvalue weighted by atomic mass is 9.91. The van der Waals surface area contributed by atoms with E-state index in [0.717, 1.165) is 31.9 Å². The smallest absolute Gasteiger partial charge is 0.165 e. The van der Waals surface area contributed by atoms with Crippen molar-refractivity contribution in [2.75, 3.05) is 31.9 Å². The van der Waals surface area contributed by atoms with Crippen LogP contribution >= 0.6 is 0 Å².